The summed E-state index contributed by atoms with van der Waals surface area (Å²) < 4.78 is 0. The summed E-state index contributed by atoms with van der Waals surface area (Å²) in [6, 6.07) is 47.8. The summed E-state index contributed by atoms with van der Waals surface area (Å²) >= 11 is 0. The van der Waals surface area contributed by atoms with E-state index in [1.54, 1.807) is 0 Å². The van der Waals surface area contributed by atoms with Gasteiger partial charge in [-0.2, -0.15) is 0 Å². The molecule has 4 heteroatoms. The van der Waals surface area contributed by atoms with Crippen LogP contribution in [0.1, 0.15) is 6.42 Å². The molecular weight excluding hydrogens is 657 g/mol. The Hall–Kier alpha value is -4.90. The molecule has 2 nitrogen and oxygen atoms in total. The van der Waals surface area contributed by atoms with Crippen LogP contribution in [-0.2, 0) is 0 Å². The predicted octanol–water partition coefficient (Wildman–Crippen LogP) is 13.7. The second-order valence-electron chi connectivity index (χ2n) is 14.9. The summed E-state index contributed by atoms with van der Waals surface area (Å²) in [5.41, 5.74) is 7.04. The molecule has 0 saturated heterocycles. The molecule has 8 rings (SSSR count). The molecule has 256 valence electrons. The summed E-state index contributed by atoms with van der Waals surface area (Å²) in [6.45, 7) is 0. The molecule has 0 radical (unpaired) electrons. The zero-order valence-corrected chi connectivity index (χ0v) is 32.1. The van der Waals surface area contributed by atoms with Gasteiger partial charge in [0.25, 0.3) is 0 Å². The highest BCUT2D eigenvalue weighted by atomic mass is 32.3. The standard InChI is InChI=1S/C47H46N2S2/c1-50(2,3)40-26-22-38(23-27-40)48(36-14-10-7-8-11-15-36)44-32-20-34-19-31-43-45(33-21-35-18-30-42(44)46(34)47(35)43)49(37-16-12-9-13-17-37)39-24-28-41(29-25-39)51(4,5)6/h7-10,12-33H,11H2,1-6H3. The minimum atomic E-state index is -0.830. The highest BCUT2D eigenvalue weighted by Crippen LogP contribution is 2.50. The zero-order valence-electron chi connectivity index (χ0n) is 30.4. The number of hydrogen-bond donors (Lipinski definition) is 0. The van der Waals surface area contributed by atoms with Crippen molar-refractivity contribution in [3.05, 3.63) is 163 Å². The Morgan fingerprint density at radius 1 is 0.451 bits per heavy atom. The third kappa shape index (κ3) is 6.22. The van der Waals surface area contributed by atoms with Crippen molar-refractivity contribution in [1.29, 1.82) is 0 Å². The fourth-order valence-corrected chi connectivity index (χ4v) is 9.24. The van der Waals surface area contributed by atoms with E-state index in [4.69, 9.17) is 0 Å². The first-order valence-corrected chi connectivity index (χ1v) is 23.3. The third-order valence-corrected chi connectivity index (χ3v) is 13.3. The van der Waals surface area contributed by atoms with Gasteiger partial charge >= 0.3 is 0 Å². The third-order valence-electron chi connectivity index (χ3n) is 9.95. The molecular formula is C47H46N2S2. The molecule has 0 amide bonds. The van der Waals surface area contributed by atoms with Gasteiger partial charge in [-0.3, -0.25) is 0 Å². The van der Waals surface area contributed by atoms with Crippen LogP contribution < -0.4 is 9.80 Å². The number of nitrogens with zero attached hydrogens (tertiary/aromatic N) is 2. The average molecular weight is 703 g/mol. The molecule has 7 aromatic carbocycles. The molecule has 51 heavy (non-hydrogen) atoms. The predicted molar refractivity (Wildman–Crippen MR) is 232 cm³/mol. The lowest BCUT2D eigenvalue weighted by Crippen LogP contribution is -2.16. The van der Waals surface area contributed by atoms with Crippen molar-refractivity contribution in [2.45, 2.75) is 16.2 Å². The molecule has 1 aliphatic carbocycles. The second-order valence-corrected chi connectivity index (χ2v) is 23.2. The van der Waals surface area contributed by atoms with Gasteiger partial charge in [-0.05, 0) is 154 Å². The first-order valence-electron chi connectivity index (χ1n) is 17.5. The lowest BCUT2D eigenvalue weighted by Gasteiger charge is -2.31. The SMILES string of the molecule is CS(C)(C)c1ccc(N(C2=CCC=CC=C2)c2ccc3ccc4c(N(c5ccccc5)c5ccc(S(C)(C)C)cc5)ccc5ccc2c3c54)cc1. The number of benzene rings is 7. The summed E-state index contributed by atoms with van der Waals surface area (Å²) in [6.07, 6.45) is 26.1. The molecule has 0 unspecified atom stereocenters. The van der Waals surface area contributed by atoms with Gasteiger partial charge in [-0.15, -0.1) is 0 Å². The number of hydrogen-bond acceptors (Lipinski definition) is 2. The monoisotopic (exact) mass is 702 g/mol. The lowest BCUT2D eigenvalue weighted by atomic mass is 9.91. The molecule has 0 aromatic heterocycles. The Labute approximate surface area is 306 Å². The van der Waals surface area contributed by atoms with Gasteiger partial charge in [0.1, 0.15) is 0 Å². The van der Waals surface area contributed by atoms with E-state index < -0.39 is 20.1 Å². The van der Waals surface area contributed by atoms with Crippen LogP contribution in [0.15, 0.2) is 173 Å². The topological polar surface area (TPSA) is 6.48 Å². The molecule has 0 atom stereocenters. The van der Waals surface area contributed by atoms with Crippen LogP contribution in [-0.4, -0.2) is 37.5 Å². The maximum absolute atomic E-state index is 2.45. The zero-order chi connectivity index (χ0) is 35.3. The van der Waals surface area contributed by atoms with Crippen molar-refractivity contribution >= 4 is 80.8 Å². The molecule has 0 aliphatic heterocycles. The van der Waals surface area contributed by atoms with E-state index in [2.05, 4.69) is 205 Å². The maximum Gasteiger partial charge on any atom is 0.0540 e. The number of allylic oxidation sites excluding steroid dienone is 5. The van der Waals surface area contributed by atoms with E-state index in [0.29, 0.717) is 0 Å². The number of para-hydroxylation sites is 1. The van der Waals surface area contributed by atoms with E-state index in [9.17, 15) is 0 Å². The maximum atomic E-state index is 2.45. The van der Waals surface area contributed by atoms with Crippen molar-refractivity contribution in [1.82, 2.24) is 0 Å². The Balaban J connectivity index is 1.35. The Bertz CT molecular complexity index is 2440. The second kappa shape index (κ2) is 13.0. The normalized spacial score (nSPS) is 14.2. The van der Waals surface area contributed by atoms with Gasteiger partial charge in [0.2, 0.25) is 0 Å². The van der Waals surface area contributed by atoms with Crippen molar-refractivity contribution in [2.24, 2.45) is 0 Å². The van der Waals surface area contributed by atoms with Crippen LogP contribution in [0.2, 0.25) is 0 Å². The first-order chi connectivity index (χ1) is 24.6. The fourth-order valence-electron chi connectivity index (χ4n) is 7.33. The minimum absolute atomic E-state index is 0.828. The molecule has 1 aliphatic rings. The van der Waals surface area contributed by atoms with Crippen LogP contribution in [0, 0.1) is 0 Å². The molecule has 0 spiro atoms. The van der Waals surface area contributed by atoms with Gasteiger partial charge in [0.05, 0.1) is 11.4 Å². The highest BCUT2D eigenvalue weighted by molar-refractivity contribution is 8.32. The number of rotatable bonds is 8. The van der Waals surface area contributed by atoms with E-state index in [1.165, 1.54) is 64.9 Å². The van der Waals surface area contributed by atoms with E-state index >= 15 is 0 Å². The molecule has 0 bridgehead atoms. The fraction of sp³-hybridized carbons (Fsp3) is 0.149. The quantitative estimate of drug-likeness (QED) is 0.145. The van der Waals surface area contributed by atoms with Gasteiger partial charge < -0.3 is 9.80 Å². The Morgan fingerprint density at radius 3 is 1.45 bits per heavy atom. The molecule has 0 N–H and O–H groups in total. The van der Waals surface area contributed by atoms with E-state index in [1.807, 2.05) is 0 Å². The van der Waals surface area contributed by atoms with Gasteiger partial charge in [-0.1, -0.05) is 78.9 Å². The van der Waals surface area contributed by atoms with Crippen LogP contribution in [0.3, 0.4) is 0 Å². The van der Waals surface area contributed by atoms with Crippen LogP contribution in [0.4, 0.5) is 28.4 Å². The lowest BCUT2D eigenvalue weighted by molar-refractivity contribution is 1.19. The number of anilines is 5. The van der Waals surface area contributed by atoms with Crippen LogP contribution in [0.25, 0.3) is 32.3 Å². The van der Waals surface area contributed by atoms with Gasteiger partial charge in [0, 0.05) is 33.5 Å². The summed E-state index contributed by atoms with van der Waals surface area (Å²) in [7, 11) is -1.66. The smallest absolute Gasteiger partial charge is 0.0540 e. The van der Waals surface area contributed by atoms with Crippen molar-refractivity contribution < 1.29 is 0 Å². The molecule has 7 aromatic rings. The first kappa shape index (κ1) is 33.3. The summed E-state index contributed by atoms with van der Waals surface area (Å²) in [4.78, 5) is 7.70. The van der Waals surface area contributed by atoms with Crippen LogP contribution >= 0.6 is 20.1 Å². The largest absolute Gasteiger partial charge is 0.310 e. The summed E-state index contributed by atoms with van der Waals surface area (Å²) in [5.74, 6) is 0. The molecule has 0 fully saturated rings. The average Bonchev–Trinajstić information content (AvgIpc) is 3.41. The van der Waals surface area contributed by atoms with Gasteiger partial charge in [-0.25, -0.2) is 20.1 Å². The molecule has 0 heterocycles. The Morgan fingerprint density at radius 2 is 0.922 bits per heavy atom. The Kier molecular flexibility index (Phi) is 8.49. The summed E-state index contributed by atoms with van der Waals surface area (Å²) in [5, 5.41) is 7.63. The van der Waals surface area contributed by atoms with Crippen molar-refractivity contribution in [3.8, 4) is 0 Å². The minimum Gasteiger partial charge on any atom is -0.310 e. The van der Waals surface area contributed by atoms with E-state index in [0.717, 1.165) is 17.8 Å². The molecule has 0 saturated carbocycles. The highest BCUT2D eigenvalue weighted by Gasteiger charge is 2.22. The van der Waals surface area contributed by atoms with Crippen molar-refractivity contribution in [2.75, 3.05) is 47.3 Å². The van der Waals surface area contributed by atoms with E-state index in [-0.39, 0.29) is 0 Å². The van der Waals surface area contributed by atoms with Crippen LogP contribution in [0.5, 0.6) is 0 Å². The van der Waals surface area contributed by atoms with Gasteiger partial charge in [0.15, 0.2) is 0 Å². The van der Waals surface area contributed by atoms with Crippen molar-refractivity contribution in [3.63, 3.8) is 0 Å².